The molecule has 0 radical (unpaired) electrons. The van der Waals surface area contributed by atoms with Crippen LogP contribution in [0.1, 0.15) is 16.7 Å². The zero-order valence-corrected chi connectivity index (χ0v) is 17.6. The minimum absolute atomic E-state index is 0.127. The molecular formula is C20H21ClN2O2S2. The van der Waals surface area contributed by atoms with Gasteiger partial charge in [-0.3, -0.25) is 4.99 Å². The minimum Gasteiger partial charge on any atom is -0.315 e. The monoisotopic (exact) mass is 420 g/mol. The van der Waals surface area contributed by atoms with Gasteiger partial charge in [-0.2, -0.15) is 0 Å². The summed E-state index contributed by atoms with van der Waals surface area (Å²) in [5.41, 5.74) is 4.69. The Morgan fingerprint density at radius 3 is 2.70 bits per heavy atom. The second-order valence-electron chi connectivity index (χ2n) is 7.18. The van der Waals surface area contributed by atoms with Crippen molar-refractivity contribution in [1.29, 1.82) is 0 Å². The average molecular weight is 421 g/mol. The van der Waals surface area contributed by atoms with E-state index in [1.165, 1.54) is 16.7 Å². The summed E-state index contributed by atoms with van der Waals surface area (Å²) < 4.78 is 24.2. The number of hydrogen-bond acceptors (Lipinski definition) is 5. The lowest BCUT2D eigenvalue weighted by Crippen LogP contribution is -2.39. The first-order valence-electron chi connectivity index (χ1n) is 8.84. The van der Waals surface area contributed by atoms with Gasteiger partial charge in [-0.1, -0.05) is 47.6 Å². The van der Waals surface area contributed by atoms with Crippen molar-refractivity contribution in [1.82, 2.24) is 0 Å². The van der Waals surface area contributed by atoms with Crippen molar-refractivity contribution in [2.24, 2.45) is 4.99 Å². The van der Waals surface area contributed by atoms with E-state index in [0.29, 0.717) is 5.02 Å². The summed E-state index contributed by atoms with van der Waals surface area (Å²) >= 11 is 7.84. The molecule has 7 heteroatoms. The van der Waals surface area contributed by atoms with Gasteiger partial charge < -0.3 is 4.90 Å². The van der Waals surface area contributed by atoms with Gasteiger partial charge in [-0.05, 0) is 48.7 Å². The van der Waals surface area contributed by atoms with E-state index >= 15 is 0 Å². The van der Waals surface area contributed by atoms with Crippen LogP contribution in [0, 0.1) is 13.8 Å². The van der Waals surface area contributed by atoms with Crippen LogP contribution in [0.5, 0.6) is 0 Å². The number of rotatable bonds is 3. The first-order valence-corrected chi connectivity index (χ1v) is 12.0. The lowest BCUT2D eigenvalue weighted by atomic mass is 10.1. The van der Waals surface area contributed by atoms with Crippen molar-refractivity contribution >= 4 is 44.1 Å². The summed E-state index contributed by atoms with van der Waals surface area (Å²) in [5.74, 6) is 1.06. The van der Waals surface area contributed by atoms with Crippen LogP contribution >= 0.6 is 23.4 Å². The first-order chi connectivity index (χ1) is 12.8. The first kappa shape index (κ1) is 18.8. The third-order valence-electron chi connectivity index (χ3n) is 5.13. The number of amidine groups is 1. The second kappa shape index (κ2) is 7.15. The molecule has 2 aliphatic rings. The van der Waals surface area contributed by atoms with Crippen LogP contribution in [-0.4, -0.2) is 37.2 Å². The molecule has 2 atom stereocenters. The molecule has 0 amide bonds. The lowest BCUT2D eigenvalue weighted by molar-refractivity contribution is 0.601. The van der Waals surface area contributed by atoms with Gasteiger partial charge in [0.2, 0.25) is 0 Å². The highest BCUT2D eigenvalue weighted by molar-refractivity contribution is 8.13. The molecule has 0 N–H and O–H groups in total. The summed E-state index contributed by atoms with van der Waals surface area (Å²) in [6.45, 7) is 4.22. The SMILES string of the molecule is Cc1ccc(CSC2=NC3CS(=O)(=O)CC3N2c2cccc(Cl)c2)cc1C. The molecule has 4 nitrogen and oxygen atoms in total. The maximum Gasteiger partial charge on any atom is 0.164 e. The minimum atomic E-state index is -3.05. The molecule has 1 saturated heterocycles. The van der Waals surface area contributed by atoms with Crippen molar-refractivity contribution in [2.45, 2.75) is 31.7 Å². The summed E-state index contributed by atoms with van der Waals surface area (Å²) in [6.07, 6.45) is 0. The van der Waals surface area contributed by atoms with Crippen LogP contribution in [0.25, 0.3) is 0 Å². The van der Waals surface area contributed by atoms with Gasteiger partial charge in [-0.15, -0.1) is 0 Å². The zero-order valence-electron chi connectivity index (χ0n) is 15.2. The summed E-state index contributed by atoms with van der Waals surface area (Å²) in [7, 11) is -3.05. The summed E-state index contributed by atoms with van der Waals surface area (Å²) in [6, 6.07) is 13.7. The van der Waals surface area contributed by atoms with Gasteiger partial charge in [0, 0.05) is 16.5 Å². The normalized spacial score (nSPS) is 23.4. The van der Waals surface area contributed by atoms with E-state index in [9.17, 15) is 8.42 Å². The Labute approximate surface area is 169 Å². The molecular weight excluding hydrogens is 400 g/mol. The molecule has 142 valence electrons. The van der Waals surface area contributed by atoms with Crippen LogP contribution in [0.3, 0.4) is 0 Å². The van der Waals surface area contributed by atoms with E-state index in [2.05, 4.69) is 36.9 Å². The smallest absolute Gasteiger partial charge is 0.164 e. The number of benzene rings is 2. The number of hydrogen-bond donors (Lipinski definition) is 0. The predicted octanol–water partition coefficient (Wildman–Crippen LogP) is 4.23. The van der Waals surface area contributed by atoms with Crippen molar-refractivity contribution in [3.8, 4) is 0 Å². The Morgan fingerprint density at radius 2 is 1.96 bits per heavy atom. The molecule has 0 bridgehead atoms. The molecule has 0 spiro atoms. The number of aryl methyl sites for hydroxylation is 2. The molecule has 2 aliphatic heterocycles. The molecule has 27 heavy (non-hydrogen) atoms. The Balaban J connectivity index is 1.62. The van der Waals surface area contributed by atoms with Gasteiger partial charge in [-0.25, -0.2) is 8.42 Å². The number of fused-ring (bicyclic) bond motifs is 1. The third kappa shape index (κ3) is 3.89. The van der Waals surface area contributed by atoms with Crippen LogP contribution < -0.4 is 4.90 Å². The van der Waals surface area contributed by atoms with E-state index < -0.39 is 9.84 Å². The third-order valence-corrected chi connectivity index (χ3v) is 8.11. The predicted molar refractivity (Wildman–Crippen MR) is 115 cm³/mol. The number of sulfone groups is 1. The number of thioether (sulfide) groups is 1. The quantitative estimate of drug-likeness (QED) is 0.745. The van der Waals surface area contributed by atoms with E-state index in [-0.39, 0.29) is 23.6 Å². The van der Waals surface area contributed by atoms with Gasteiger partial charge >= 0.3 is 0 Å². The number of nitrogens with zero attached hydrogens (tertiary/aromatic N) is 2. The summed E-state index contributed by atoms with van der Waals surface area (Å²) in [5, 5.41) is 1.51. The maximum absolute atomic E-state index is 12.1. The van der Waals surface area contributed by atoms with E-state index in [1.807, 2.05) is 24.3 Å². The molecule has 2 unspecified atom stereocenters. The maximum atomic E-state index is 12.1. The standard InChI is InChI=1S/C20H21ClN2O2S2/c1-13-6-7-15(8-14(13)2)10-26-20-22-18-11-27(24,25)12-19(18)23(20)17-5-3-4-16(21)9-17/h3-9,18-19H,10-12H2,1-2H3. The Bertz CT molecular complexity index is 1020. The Kier molecular flexibility index (Phi) is 4.99. The topological polar surface area (TPSA) is 49.7 Å². The highest BCUT2D eigenvalue weighted by Crippen LogP contribution is 2.36. The fourth-order valence-corrected chi connectivity index (χ4v) is 6.70. The molecule has 2 aromatic rings. The molecule has 4 rings (SSSR count). The van der Waals surface area contributed by atoms with Crippen LogP contribution in [-0.2, 0) is 15.6 Å². The van der Waals surface area contributed by atoms with Crippen LogP contribution in [0.4, 0.5) is 5.69 Å². The summed E-state index contributed by atoms with van der Waals surface area (Å²) in [4.78, 5) is 6.83. The number of anilines is 1. The fraction of sp³-hybridized carbons (Fsp3) is 0.350. The van der Waals surface area contributed by atoms with E-state index in [4.69, 9.17) is 16.6 Å². The van der Waals surface area contributed by atoms with Gasteiger partial charge in [0.15, 0.2) is 15.0 Å². The second-order valence-corrected chi connectivity index (χ2v) is 10.7. The highest BCUT2D eigenvalue weighted by Gasteiger charge is 2.47. The van der Waals surface area contributed by atoms with Crippen molar-refractivity contribution in [3.05, 3.63) is 64.2 Å². The molecule has 0 saturated carbocycles. The molecule has 0 aromatic heterocycles. The Hall–Kier alpha value is -1.50. The lowest BCUT2D eigenvalue weighted by Gasteiger charge is -2.26. The van der Waals surface area contributed by atoms with Gasteiger partial charge in [0.1, 0.15) is 0 Å². The molecule has 2 heterocycles. The zero-order chi connectivity index (χ0) is 19.2. The number of aliphatic imine (C=N–C) groups is 1. The van der Waals surface area contributed by atoms with E-state index in [1.54, 1.807) is 11.8 Å². The molecule has 0 aliphatic carbocycles. The average Bonchev–Trinajstić information content (AvgIpc) is 3.07. The Morgan fingerprint density at radius 1 is 1.15 bits per heavy atom. The molecule has 2 aromatic carbocycles. The van der Waals surface area contributed by atoms with Crippen molar-refractivity contribution in [2.75, 3.05) is 16.4 Å². The van der Waals surface area contributed by atoms with Crippen LogP contribution in [0.15, 0.2) is 47.5 Å². The van der Waals surface area contributed by atoms with E-state index in [0.717, 1.165) is 16.6 Å². The van der Waals surface area contributed by atoms with Gasteiger partial charge in [0.25, 0.3) is 0 Å². The molecule has 1 fully saturated rings. The van der Waals surface area contributed by atoms with Crippen molar-refractivity contribution in [3.63, 3.8) is 0 Å². The van der Waals surface area contributed by atoms with Crippen molar-refractivity contribution < 1.29 is 8.42 Å². The highest BCUT2D eigenvalue weighted by atomic mass is 35.5. The van der Waals surface area contributed by atoms with Gasteiger partial charge in [0.05, 0.1) is 23.6 Å². The largest absolute Gasteiger partial charge is 0.315 e. The number of halogens is 1. The van der Waals surface area contributed by atoms with Crippen LogP contribution in [0.2, 0.25) is 5.02 Å². The fourth-order valence-electron chi connectivity index (χ4n) is 3.60.